The van der Waals surface area contributed by atoms with E-state index in [1.807, 2.05) is 12.1 Å². The van der Waals surface area contributed by atoms with E-state index in [-0.39, 0.29) is 11.8 Å². The van der Waals surface area contributed by atoms with Gasteiger partial charge >= 0.3 is 0 Å². The van der Waals surface area contributed by atoms with E-state index in [1.54, 1.807) is 6.26 Å². The van der Waals surface area contributed by atoms with Crippen LogP contribution in [0.25, 0.3) is 11.5 Å². The second kappa shape index (κ2) is 4.51. The molecule has 1 aliphatic carbocycles. The molecule has 0 saturated heterocycles. The number of furan rings is 1. The topological polar surface area (TPSA) is 70.9 Å². The predicted molar refractivity (Wildman–Crippen MR) is 74.2 cm³/mol. The van der Waals surface area contributed by atoms with Crippen molar-refractivity contribution in [2.75, 3.05) is 5.32 Å². The summed E-state index contributed by atoms with van der Waals surface area (Å²) in [6, 6.07) is 3.80. The molecule has 3 heterocycles. The molecule has 2 aromatic heterocycles. The molecule has 20 heavy (non-hydrogen) atoms. The van der Waals surface area contributed by atoms with Gasteiger partial charge in [0.1, 0.15) is 5.69 Å². The van der Waals surface area contributed by atoms with Crippen LogP contribution in [0.3, 0.4) is 0 Å². The molecule has 0 unspecified atom stereocenters. The number of H-pyrrole nitrogens is 1. The number of anilines is 1. The fourth-order valence-corrected chi connectivity index (χ4v) is 3.66. The van der Waals surface area contributed by atoms with Gasteiger partial charge in [0, 0.05) is 17.9 Å². The number of carbonyl (C=O) groups is 1. The van der Waals surface area contributed by atoms with E-state index in [4.69, 9.17) is 4.42 Å². The first-order chi connectivity index (χ1) is 9.83. The van der Waals surface area contributed by atoms with Crippen LogP contribution in [0.1, 0.15) is 43.6 Å². The van der Waals surface area contributed by atoms with Gasteiger partial charge in [-0.1, -0.05) is 12.8 Å². The zero-order valence-electron chi connectivity index (χ0n) is 11.2. The summed E-state index contributed by atoms with van der Waals surface area (Å²) in [7, 11) is 0. The van der Waals surface area contributed by atoms with Crippen LogP contribution in [0.4, 0.5) is 5.82 Å². The Morgan fingerprint density at radius 3 is 2.90 bits per heavy atom. The summed E-state index contributed by atoms with van der Waals surface area (Å²) in [5, 5.41) is 10.2. The number of aromatic nitrogens is 2. The third-order valence-electron chi connectivity index (χ3n) is 4.57. The average Bonchev–Trinajstić information content (AvgIpc) is 3.18. The average molecular weight is 271 g/mol. The van der Waals surface area contributed by atoms with Crippen LogP contribution in [0.2, 0.25) is 0 Å². The minimum atomic E-state index is 0.0758. The van der Waals surface area contributed by atoms with Crippen molar-refractivity contribution >= 4 is 11.7 Å². The van der Waals surface area contributed by atoms with E-state index in [2.05, 4.69) is 15.5 Å². The summed E-state index contributed by atoms with van der Waals surface area (Å²) in [4.78, 5) is 11.9. The van der Waals surface area contributed by atoms with Crippen molar-refractivity contribution in [1.82, 2.24) is 10.2 Å². The summed E-state index contributed by atoms with van der Waals surface area (Å²) < 4.78 is 5.50. The van der Waals surface area contributed by atoms with Gasteiger partial charge in [-0.2, -0.15) is 5.10 Å². The summed E-state index contributed by atoms with van der Waals surface area (Å²) in [5.41, 5.74) is 2.05. The molecule has 0 bridgehead atoms. The van der Waals surface area contributed by atoms with Crippen molar-refractivity contribution < 1.29 is 9.21 Å². The van der Waals surface area contributed by atoms with Crippen LogP contribution < -0.4 is 5.32 Å². The van der Waals surface area contributed by atoms with Gasteiger partial charge in [0.15, 0.2) is 11.6 Å². The molecule has 0 aromatic carbocycles. The van der Waals surface area contributed by atoms with Crippen LogP contribution in [0.5, 0.6) is 0 Å². The van der Waals surface area contributed by atoms with Crippen LogP contribution >= 0.6 is 0 Å². The molecule has 0 spiro atoms. The Kier molecular flexibility index (Phi) is 2.65. The number of hydrogen-bond donors (Lipinski definition) is 2. The Labute approximate surface area is 116 Å². The molecule has 1 amide bonds. The van der Waals surface area contributed by atoms with Gasteiger partial charge in [0.2, 0.25) is 5.91 Å². The lowest BCUT2D eigenvalue weighted by Crippen LogP contribution is -2.26. The van der Waals surface area contributed by atoms with E-state index >= 15 is 0 Å². The standard InChI is InChI=1S/C15H17N3O2/c19-12-8-10(9-4-1-2-5-9)13-14(11-6-3-7-20-11)17-18-15(13)16-12/h3,6-7,9-10H,1-2,4-5,8H2,(H2,16,17,18,19)/t10-/m0/s1. The summed E-state index contributed by atoms with van der Waals surface area (Å²) >= 11 is 0. The fourth-order valence-electron chi connectivity index (χ4n) is 3.66. The van der Waals surface area contributed by atoms with Crippen LogP contribution in [0.15, 0.2) is 22.8 Å². The molecule has 4 rings (SSSR count). The number of aromatic amines is 1. The quantitative estimate of drug-likeness (QED) is 0.880. The Bertz CT molecular complexity index is 624. The second-order valence-corrected chi connectivity index (χ2v) is 5.74. The summed E-state index contributed by atoms with van der Waals surface area (Å²) in [6.45, 7) is 0. The number of hydrogen-bond acceptors (Lipinski definition) is 3. The van der Waals surface area contributed by atoms with Crippen molar-refractivity contribution in [2.24, 2.45) is 5.92 Å². The molecule has 1 atom stereocenters. The lowest BCUT2D eigenvalue weighted by atomic mass is 9.80. The summed E-state index contributed by atoms with van der Waals surface area (Å²) in [6.07, 6.45) is 7.18. The minimum absolute atomic E-state index is 0.0758. The van der Waals surface area contributed by atoms with Gasteiger partial charge in [-0.3, -0.25) is 9.89 Å². The van der Waals surface area contributed by atoms with Crippen molar-refractivity contribution in [1.29, 1.82) is 0 Å². The SMILES string of the molecule is O=C1C[C@@H](C2CCCC2)c2c(n[nH]c2-c2ccco2)N1. The predicted octanol–water partition coefficient (Wildman–Crippen LogP) is 3.29. The number of amides is 1. The van der Waals surface area contributed by atoms with E-state index in [1.165, 1.54) is 25.7 Å². The number of nitrogens with zero attached hydrogens (tertiary/aromatic N) is 1. The van der Waals surface area contributed by atoms with Gasteiger partial charge in [0.25, 0.3) is 0 Å². The molecular weight excluding hydrogens is 254 g/mol. The molecule has 0 radical (unpaired) electrons. The zero-order chi connectivity index (χ0) is 13.5. The lowest BCUT2D eigenvalue weighted by molar-refractivity contribution is -0.117. The largest absolute Gasteiger partial charge is 0.463 e. The third kappa shape index (κ3) is 1.77. The molecule has 5 nitrogen and oxygen atoms in total. The first-order valence-electron chi connectivity index (χ1n) is 7.25. The highest BCUT2D eigenvalue weighted by molar-refractivity contribution is 5.95. The van der Waals surface area contributed by atoms with E-state index in [0.717, 1.165) is 17.0 Å². The van der Waals surface area contributed by atoms with Crippen molar-refractivity contribution in [3.63, 3.8) is 0 Å². The molecule has 1 fully saturated rings. The molecule has 1 aliphatic heterocycles. The van der Waals surface area contributed by atoms with Gasteiger partial charge in [-0.15, -0.1) is 0 Å². The van der Waals surface area contributed by atoms with E-state index in [0.29, 0.717) is 18.2 Å². The first kappa shape index (κ1) is 11.8. The van der Waals surface area contributed by atoms with Gasteiger partial charge in [-0.05, 0) is 30.9 Å². The highest BCUT2D eigenvalue weighted by atomic mass is 16.3. The first-order valence-corrected chi connectivity index (χ1v) is 7.25. The van der Waals surface area contributed by atoms with Crippen LogP contribution in [0, 0.1) is 5.92 Å². The number of nitrogens with one attached hydrogen (secondary N) is 2. The van der Waals surface area contributed by atoms with Crippen molar-refractivity contribution in [2.45, 2.75) is 38.0 Å². The lowest BCUT2D eigenvalue weighted by Gasteiger charge is -2.27. The summed E-state index contributed by atoms with van der Waals surface area (Å²) in [5.74, 6) is 2.40. The molecule has 2 aliphatic rings. The van der Waals surface area contributed by atoms with E-state index in [9.17, 15) is 4.79 Å². The fraction of sp³-hybridized carbons (Fsp3) is 0.467. The third-order valence-corrected chi connectivity index (χ3v) is 4.57. The normalized spacial score (nSPS) is 22.8. The Morgan fingerprint density at radius 2 is 2.15 bits per heavy atom. The highest BCUT2D eigenvalue weighted by Crippen LogP contribution is 2.46. The molecule has 2 N–H and O–H groups in total. The Hall–Kier alpha value is -2.04. The van der Waals surface area contributed by atoms with E-state index < -0.39 is 0 Å². The maximum absolute atomic E-state index is 11.9. The second-order valence-electron chi connectivity index (χ2n) is 5.74. The highest BCUT2D eigenvalue weighted by Gasteiger charge is 2.37. The molecule has 1 saturated carbocycles. The number of rotatable bonds is 2. The Morgan fingerprint density at radius 1 is 1.30 bits per heavy atom. The molecule has 104 valence electrons. The number of carbonyl (C=O) groups excluding carboxylic acids is 1. The molecule has 2 aromatic rings. The van der Waals surface area contributed by atoms with Gasteiger partial charge in [-0.25, -0.2) is 0 Å². The maximum Gasteiger partial charge on any atom is 0.226 e. The van der Waals surface area contributed by atoms with Gasteiger partial charge < -0.3 is 9.73 Å². The zero-order valence-corrected chi connectivity index (χ0v) is 11.2. The van der Waals surface area contributed by atoms with Crippen molar-refractivity contribution in [3.8, 4) is 11.5 Å². The van der Waals surface area contributed by atoms with Crippen LogP contribution in [-0.4, -0.2) is 16.1 Å². The minimum Gasteiger partial charge on any atom is -0.463 e. The Balaban J connectivity index is 1.80. The molecular formula is C15H17N3O2. The number of fused-ring (bicyclic) bond motifs is 1. The maximum atomic E-state index is 11.9. The smallest absolute Gasteiger partial charge is 0.226 e. The van der Waals surface area contributed by atoms with Crippen molar-refractivity contribution in [3.05, 3.63) is 24.0 Å². The monoisotopic (exact) mass is 271 g/mol. The van der Waals surface area contributed by atoms with Gasteiger partial charge in [0.05, 0.1) is 6.26 Å². The van der Waals surface area contributed by atoms with Crippen LogP contribution in [-0.2, 0) is 4.79 Å². The molecule has 5 heteroatoms.